The Hall–Kier alpha value is -2.26. The first-order chi connectivity index (χ1) is 10.8. The molecule has 0 saturated carbocycles. The number of imidazole rings is 1. The molecule has 1 aromatic carbocycles. The maximum Gasteiger partial charge on any atom is 0.342 e. The summed E-state index contributed by atoms with van der Waals surface area (Å²) in [6, 6.07) is 6.27. The molecule has 1 heterocycles. The van der Waals surface area contributed by atoms with E-state index in [9.17, 15) is 18.5 Å². The SMILES string of the molecule is CCc1ncc([N+](=O)[O-])n1CCOS(=O)(=O)c1ccc(C)cc1. The third-order valence-corrected chi connectivity index (χ3v) is 4.61. The van der Waals surface area contributed by atoms with E-state index in [1.54, 1.807) is 12.1 Å². The maximum absolute atomic E-state index is 12.1. The Labute approximate surface area is 134 Å². The summed E-state index contributed by atoms with van der Waals surface area (Å²) < 4.78 is 30.4. The lowest BCUT2D eigenvalue weighted by atomic mass is 10.2. The van der Waals surface area contributed by atoms with Crippen molar-refractivity contribution in [3.8, 4) is 0 Å². The normalized spacial score (nSPS) is 11.6. The largest absolute Gasteiger partial charge is 0.358 e. The highest BCUT2D eigenvalue weighted by molar-refractivity contribution is 7.86. The average molecular weight is 339 g/mol. The van der Waals surface area contributed by atoms with E-state index in [-0.39, 0.29) is 23.9 Å². The molecule has 23 heavy (non-hydrogen) atoms. The third kappa shape index (κ3) is 3.93. The van der Waals surface area contributed by atoms with Crippen molar-refractivity contribution < 1.29 is 17.5 Å². The van der Waals surface area contributed by atoms with Crippen LogP contribution in [-0.4, -0.2) is 29.5 Å². The van der Waals surface area contributed by atoms with Crippen LogP contribution < -0.4 is 0 Å². The van der Waals surface area contributed by atoms with Gasteiger partial charge in [-0.05, 0) is 24.0 Å². The van der Waals surface area contributed by atoms with Crippen molar-refractivity contribution in [3.63, 3.8) is 0 Å². The second kappa shape index (κ2) is 6.88. The minimum absolute atomic E-state index is 0.0323. The minimum Gasteiger partial charge on any atom is -0.358 e. The standard InChI is InChI=1S/C14H17N3O5S/c1-3-13-15-10-14(17(18)19)16(13)8-9-22-23(20,21)12-6-4-11(2)5-7-12/h4-7,10H,3,8-9H2,1-2H3. The zero-order valence-corrected chi connectivity index (χ0v) is 13.6. The summed E-state index contributed by atoms with van der Waals surface area (Å²) >= 11 is 0. The van der Waals surface area contributed by atoms with Crippen molar-refractivity contribution in [3.05, 3.63) is 52.0 Å². The average Bonchev–Trinajstić information content (AvgIpc) is 2.90. The van der Waals surface area contributed by atoms with Gasteiger partial charge in [0, 0.05) is 6.42 Å². The van der Waals surface area contributed by atoms with Gasteiger partial charge in [0.1, 0.15) is 19.3 Å². The van der Waals surface area contributed by atoms with E-state index in [0.717, 1.165) is 11.8 Å². The Kier molecular flexibility index (Phi) is 5.12. The van der Waals surface area contributed by atoms with Gasteiger partial charge in [-0.25, -0.2) is 9.55 Å². The van der Waals surface area contributed by atoms with Crippen LogP contribution in [0.5, 0.6) is 0 Å². The van der Waals surface area contributed by atoms with Crippen LogP contribution >= 0.6 is 0 Å². The van der Waals surface area contributed by atoms with Crippen molar-refractivity contribution >= 4 is 15.9 Å². The van der Waals surface area contributed by atoms with Gasteiger partial charge in [-0.3, -0.25) is 4.18 Å². The Morgan fingerprint density at radius 2 is 1.96 bits per heavy atom. The molecule has 0 atom stereocenters. The Morgan fingerprint density at radius 3 is 2.52 bits per heavy atom. The molecule has 0 N–H and O–H groups in total. The molecule has 2 aromatic rings. The molecule has 0 spiro atoms. The smallest absolute Gasteiger partial charge is 0.342 e. The van der Waals surface area contributed by atoms with Gasteiger partial charge in [0.15, 0.2) is 5.82 Å². The van der Waals surface area contributed by atoms with Gasteiger partial charge in [-0.2, -0.15) is 8.42 Å². The molecule has 0 aliphatic heterocycles. The fraction of sp³-hybridized carbons (Fsp3) is 0.357. The molecule has 0 aliphatic carbocycles. The van der Waals surface area contributed by atoms with Crippen LogP contribution in [0.3, 0.4) is 0 Å². The highest BCUT2D eigenvalue weighted by Crippen LogP contribution is 2.16. The summed E-state index contributed by atoms with van der Waals surface area (Å²) in [7, 11) is -3.89. The van der Waals surface area contributed by atoms with E-state index in [0.29, 0.717) is 12.2 Å². The Bertz CT molecular complexity index is 796. The summed E-state index contributed by atoms with van der Waals surface area (Å²) in [5.74, 6) is 0.325. The van der Waals surface area contributed by atoms with Crippen molar-refractivity contribution in [2.24, 2.45) is 0 Å². The quantitative estimate of drug-likeness (QED) is 0.434. The molecule has 124 valence electrons. The summed E-state index contributed by atoms with van der Waals surface area (Å²) in [5, 5.41) is 11.0. The summed E-state index contributed by atoms with van der Waals surface area (Å²) in [4.78, 5) is 14.4. The molecular weight excluding hydrogens is 322 g/mol. The van der Waals surface area contributed by atoms with Gasteiger partial charge in [0.25, 0.3) is 10.1 Å². The van der Waals surface area contributed by atoms with Crippen LogP contribution in [-0.2, 0) is 27.3 Å². The molecule has 0 aliphatic rings. The van der Waals surface area contributed by atoms with E-state index >= 15 is 0 Å². The Morgan fingerprint density at radius 1 is 1.30 bits per heavy atom. The lowest BCUT2D eigenvalue weighted by molar-refractivity contribution is -0.392. The minimum atomic E-state index is -3.89. The Balaban J connectivity index is 2.09. The van der Waals surface area contributed by atoms with E-state index in [4.69, 9.17) is 4.18 Å². The molecular formula is C14H17N3O5S. The number of hydrogen-bond donors (Lipinski definition) is 0. The van der Waals surface area contributed by atoms with E-state index < -0.39 is 15.0 Å². The van der Waals surface area contributed by atoms with E-state index in [1.807, 2.05) is 13.8 Å². The van der Waals surface area contributed by atoms with Crippen molar-refractivity contribution in [1.29, 1.82) is 0 Å². The molecule has 0 amide bonds. The summed E-state index contributed by atoms with van der Waals surface area (Å²) in [6.45, 7) is 3.49. The first kappa shape index (κ1) is 17.1. The molecule has 8 nitrogen and oxygen atoms in total. The van der Waals surface area contributed by atoms with Crippen molar-refractivity contribution in [2.75, 3.05) is 6.61 Å². The number of aromatic nitrogens is 2. The highest BCUT2D eigenvalue weighted by Gasteiger charge is 2.21. The molecule has 9 heteroatoms. The van der Waals surface area contributed by atoms with Gasteiger partial charge in [0.2, 0.25) is 0 Å². The van der Waals surface area contributed by atoms with E-state index in [1.165, 1.54) is 16.7 Å². The highest BCUT2D eigenvalue weighted by atomic mass is 32.2. The zero-order valence-electron chi connectivity index (χ0n) is 12.8. The number of rotatable bonds is 7. The number of hydrogen-bond acceptors (Lipinski definition) is 6. The predicted octanol–water partition coefficient (Wildman–Crippen LogP) is 2.07. The van der Waals surface area contributed by atoms with Crippen LogP contribution in [0.25, 0.3) is 0 Å². The second-order valence-corrected chi connectivity index (χ2v) is 6.50. The van der Waals surface area contributed by atoms with Crippen LogP contribution in [0, 0.1) is 17.0 Å². The molecule has 2 rings (SSSR count). The predicted molar refractivity (Wildman–Crippen MR) is 82.6 cm³/mol. The van der Waals surface area contributed by atoms with Crippen molar-refractivity contribution in [2.45, 2.75) is 31.7 Å². The van der Waals surface area contributed by atoms with Gasteiger partial charge in [-0.15, -0.1) is 0 Å². The van der Waals surface area contributed by atoms with Crippen LogP contribution in [0.2, 0.25) is 0 Å². The van der Waals surface area contributed by atoms with Crippen molar-refractivity contribution in [1.82, 2.24) is 9.55 Å². The molecule has 0 bridgehead atoms. The number of nitro groups is 1. The fourth-order valence-corrected chi connectivity index (χ4v) is 2.99. The first-order valence-electron chi connectivity index (χ1n) is 7.00. The molecule has 0 unspecified atom stereocenters. The van der Waals surface area contributed by atoms with Gasteiger partial charge in [-0.1, -0.05) is 24.6 Å². The number of nitrogens with zero attached hydrogens (tertiary/aromatic N) is 3. The molecule has 0 saturated heterocycles. The zero-order chi connectivity index (χ0) is 17.0. The van der Waals surface area contributed by atoms with E-state index in [2.05, 4.69) is 4.98 Å². The topological polar surface area (TPSA) is 104 Å². The lowest BCUT2D eigenvalue weighted by Crippen LogP contribution is -2.15. The second-order valence-electron chi connectivity index (χ2n) is 4.88. The van der Waals surface area contributed by atoms with Crippen LogP contribution in [0.15, 0.2) is 35.4 Å². The number of aryl methyl sites for hydroxylation is 2. The van der Waals surface area contributed by atoms with Gasteiger partial charge >= 0.3 is 5.82 Å². The molecule has 0 radical (unpaired) electrons. The van der Waals surface area contributed by atoms with Crippen LogP contribution in [0.1, 0.15) is 18.3 Å². The van der Waals surface area contributed by atoms with Gasteiger partial charge in [0.05, 0.1) is 4.90 Å². The molecule has 0 fully saturated rings. The summed E-state index contributed by atoms with van der Waals surface area (Å²) in [6.07, 6.45) is 1.66. The summed E-state index contributed by atoms with van der Waals surface area (Å²) in [5.41, 5.74) is 0.936. The third-order valence-electron chi connectivity index (χ3n) is 3.28. The monoisotopic (exact) mass is 339 g/mol. The molecule has 1 aromatic heterocycles. The lowest BCUT2D eigenvalue weighted by Gasteiger charge is -2.07. The maximum atomic E-state index is 12.1. The van der Waals surface area contributed by atoms with Crippen LogP contribution in [0.4, 0.5) is 5.82 Å². The van der Waals surface area contributed by atoms with Gasteiger partial charge < -0.3 is 10.1 Å². The first-order valence-corrected chi connectivity index (χ1v) is 8.41. The fourth-order valence-electron chi connectivity index (χ4n) is 2.09. The number of benzene rings is 1.